The zero-order chi connectivity index (χ0) is 17.7. The van der Waals surface area contributed by atoms with Gasteiger partial charge in [0.2, 0.25) is 0 Å². The van der Waals surface area contributed by atoms with Gasteiger partial charge in [-0.05, 0) is 31.2 Å². The van der Waals surface area contributed by atoms with Crippen LogP contribution in [0.4, 0.5) is 14.5 Å². The standard InChI is InChI=1S/C17H17F2NO4/c1-10(24-13-6-4-12(22-2)5-7-13)17(21)20-11-8-14(18)16(23-3)15(19)9-11/h4-10H,1-3H3,(H,20,21). The number of amides is 1. The molecule has 0 aliphatic heterocycles. The second-order valence-electron chi connectivity index (χ2n) is 4.90. The van der Waals surface area contributed by atoms with E-state index in [0.717, 1.165) is 19.2 Å². The lowest BCUT2D eigenvalue weighted by Crippen LogP contribution is -2.30. The number of ether oxygens (including phenoxy) is 3. The highest BCUT2D eigenvalue weighted by molar-refractivity contribution is 5.94. The predicted octanol–water partition coefficient (Wildman–Crippen LogP) is 3.39. The van der Waals surface area contributed by atoms with E-state index in [0.29, 0.717) is 11.5 Å². The smallest absolute Gasteiger partial charge is 0.265 e. The average Bonchev–Trinajstić information content (AvgIpc) is 2.55. The highest BCUT2D eigenvalue weighted by atomic mass is 19.1. The van der Waals surface area contributed by atoms with E-state index in [1.165, 1.54) is 6.92 Å². The summed E-state index contributed by atoms with van der Waals surface area (Å²) in [7, 11) is 2.70. The van der Waals surface area contributed by atoms with Crippen LogP contribution >= 0.6 is 0 Å². The van der Waals surface area contributed by atoms with Crippen molar-refractivity contribution in [3.05, 3.63) is 48.0 Å². The molecular weight excluding hydrogens is 320 g/mol. The quantitative estimate of drug-likeness (QED) is 0.878. The van der Waals surface area contributed by atoms with Crippen molar-refractivity contribution in [3.63, 3.8) is 0 Å². The van der Waals surface area contributed by atoms with E-state index in [4.69, 9.17) is 9.47 Å². The molecule has 0 aromatic heterocycles. The Labute approximate surface area is 138 Å². The molecule has 2 rings (SSSR count). The first kappa shape index (κ1) is 17.5. The van der Waals surface area contributed by atoms with Crippen LogP contribution in [0.2, 0.25) is 0 Å². The van der Waals surface area contributed by atoms with Crippen LogP contribution in [0, 0.1) is 11.6 Å². The van der Waals surface area contributed by atoms with Gasteiger partial charge in [0.25, 0.3) is 5.91 Å². The summed E-state index contributed by atoms with van der Waals surface area (Å²) < 4.78 is 42.3. The number of rotatable bonds is 6. The van der Waals surface area contributed by atoms with Crippen molar-refractivity contribution >= 4 is 11.6 Å². The molecule has 1 N–H and O–H groups in total. The molecule has 0 bridgehead atoms. The van der Waals surface area contributed by atoms with E-state index < -0.39 is 29.4 Å². The van der Waals surface area contributed by atoms with Crippen molar-refractivity contribution < 1.29 is 27.8 Å². The Bertz CT molecular complexity index is 696. The van der Waals surface area contributed by atoms with Crippen molar-refractivity contribution in [2.75, 3.05) is 19.5 Å². The van der Waals surface area contributed by atoms with Crippen LogP contribution < -0.4 is 19.5 Å². The van der Waals surface area contributed by atoms with Crippen LogP contribution in [0.1, 0.15) is 6.92 Å². The molecule has 1 amide bonds. The number of halogens is 2. The summed E-state index contributed by atoms with van der Waals surface area (Å²) in [4.78, 5) is 12.1. The zero-order valence-corrected chi connectivity index (χ0v) is 13.4. The first-order chi connectivity index (χ1) is 11.4. The average molecular weight is 337 g/mol. The SMILES string of the molecule is COc1ccc(OC(C)C(=O)Nc2cc(F)c(OC)c(F)c2)cc1. The summed E-state index contributed by atoms with van der Waals surface area (Å²) in [6.45, 7) is 1.52. The van der Waals surface area contributed by atoms with Gasteiger partial charge in [0.1, 0.15) is 11.5 Å². The summed E-state index contributed by atoms with van der Waals surface area (Å²) in [6.07, 6.45) is -0.869. The number of hydrogen-bond donors (Lipinski definition) is 1. The number of carbonyl (C=O) groups excluding carboxylic acids is 1. The molecule has 0 saturated heterocycles. The molecule has 0 saturated carbocycles. The van der Waals surface area contributed by atoms with E-state index in [-0.39, 0.29) is 5.69 Å². The number of carbonyl (C=O) groups is 1. The number of anilines is 1. The van der Waals surface area contributed by atoms with Gasteiger partial charge in [0, 0.05) is 17.8 Å². The van der Waals surface area contributed by atoms with E-state index in [1.807, 2.05) is 0 Å². The monoisotopic (exact) mass is 337 g/mol. The van der Waals surface area contributed by atoms with E-state index >= 15 is 0 Å². The third kappa shape index (κ3) is 4.13. The van der Waals surface area contributed by atoms with Gasteiger partial charge in [-0.25, -0.2) is 8.78 Å². The highest BCUT2D eigenvalue weighted by Gasteiger charge is 2.18. The van der Waals surface area contributed by atoms with Crippen molar-refractivity contribution in [1.82, 2.24) is 0 Å². The van der Waals surface area contributed by atoms with Gasteiger partial charge in [-0.15, -0.1) is 0 Å². The predicted molar refractivity (Wildman–Crippen MR) is 84.6 cm³/mol. The van der Waals surface area contributed by atoms with E-state index in [1.54, 1.807) is 31.4 Å². The topological polar surface area (TPSA) is 56.8 Å². The van der Waals surface area contributed by atoms with Crippen molar-refractivity contribution in [2.45, 2.75) is 13.0 Å². The minimum Gasteiger partial charge on any atom is -0.497 e. The first-order valence-corrected chi connectivity index (χ1v) is 7.09. The van der Waals surface area contributed by atoms with Crippen molar-refractivity contribution in [2.24, 2.45) is 0 Å². The molecule has 0 heterocycles. The fraction of sp³-hybridized carbons (Fsp3) is 0.235. The third-order valence-electron chi connectivity index (χ3n) is 3.21. The Morgan fingerprint density at radius 3 is 2.04 bits per heavy atom. The van der Waals surface area contributed by atoms with E-state index in [9.17, 15) is 13.6 Å². The Hall–Kier alpha value is -2.83. The van der Waals surface area contributed by atoms with Gasteiger partial charge >= 0.3 is 0 Å². The van der Waals surface area contributed by atoms with Crippen LogP contribution in [0.15, 0.2) is 36.4 Å². The first-order valence-electron chi connectivity index (χ1n) is 7.09. The maximum Gasteiger partial charge on any atom is 0.265 e. The lowest BCUT2D eigenvalue weighted by atomic mass is 10.2. The molecule has 1 unspecified atom stereocenters. The minimum absolute atomic E-state index is 0.0269. The van der Waals surface area contributed by atoms with Crippen LogP contribution in [0.3, 0.4) is 0 Å². The second-order valence-corrected chi connectivity index (χ2v) is 4.90. The molecule has 0 radical (unpaired) electrons. The Morgan fingerprint density at radius 2 is 1.54 bits per heavy atom. The summed E-state index contributed by atoms with van der Waals surface area (Å²) in [5, 5.41) is 2.39. The number of nitrogens with one attached hydrogen (secondary N) is 1. The third-order valence-corrected chi connectivity index (χ3v) is 3.21. The molecule has 0 fully saturated rings. The van der Waals surface area contributed by atoms with Crippen LogP contribution in [-0.2, 0) is 4.79 Å². The highest BCUT2D eigenvalue weighted by Crippen LogP contribution is 2.25. The molecule has 0 aliphatic carbocycles. The fourth-order valence-electron chi connectivity index (χ4n) is 1.98. The molecule has 1 atom stereocenters. The molecule has 5 nitrogen and oxygen atoms in total. The van der Waals surface area contributed by atoms with Crippen LogP contribution in [0.25, 0.3) is 0 Å². The largest absolute Gasteiger partial charge is 0.497 e. The summed E-state index contributed by atoms with van der Waals surface area (Å²) in [6, 6.07) is 8.62. The molecule has 0 aliphatic rings. The normalized spacial score (nSPS) is 11.5. The van der Waals surface area contributed by atoms with Crippen LogP contribution in [-0.4, -0.2) is 26.2 Å². The lowest BCUT2D eigenvalue weighted by molar-refractivity contribution is -0.122. The molecular formula is C17H17F2NO4. The maximum atomic E-state index is 13.6. The molecule has 2 aromatic carbocycles. The Morgan fingerprint density at radius 1 is 1.00 bits per heavy atom. The molecule has 7 heteroatoms. The fourth-order valence-corrected chi connectivity index (χ4v) is 1.98. The number of benzene rings is 2. The molecule has 0 spiro atoms. The zero-order valence-electron chi connectivity index (χ0n) is 13.4. The van der Waals surface area contributed by atoms with Crippen molar-refractivity contribution in [3.8, 4) is 17.2 Å². The van der Waals surface area contributed by atoms with Gasteiger partial charge in [-0.1, -0.05) is 0 Å². The van der Waals surface area contributed by atoms with E-state index in [2.05, 4.69) is 10.1 Å². The maximum absolute atomic E-state index is 13.6. The Balaban J connectivity index is 2.03. The van der Waals surface area contributed by atoms with Crippen LogP contribution in [0.5, 0.6) is 17.2 Å². The number of methoxy groups -OCH3 is 2. The van der Waals surface area contributed by atoms with Gasteiger partial charge in [0.05, 0.1) is 14.2 Å². The molecule has 24 heavy (non-hydrogen) atoms. The molecule has 2 aromatic rings. The molecule has 128 valence electrons. The van der Waals surface area contributed by atoms with Gasteiger partial charge in [-0.3, -0.25) is 4.79 Å². The second kappa shape index (κ2) is 7.63. The lowest BCUT2D eigenvalue weighted by Gasteiger charge is -2.15. The Kier molecular flexibility index (Phi) is 5.57. The minimum atomic E-state index is -0.906. The van der Waals surface area contributed by atoms with Gasteiger partial charge < -0.3 is 19.5 Å². The van der Waals surface area contributed by atoms with Crippen molar-refractivity contribution in [1.29, 1.82) is 0 Å². The summed E-state index contributed by atoms with van der Waals surface area (Å²) in [5.74, 6) is -1.74. The van der Waals surface area contributed by atoms with Gasteiger partial charge in [-0.2, -0.15) is 0 Å². The summed E-state index contributed by atoms with van der Waals surface area (Å²) in [5.41, 5.74) is -0.0269. The summed E-state index contributed by atoms with van der Waals surface area (Å²) >= 11 is 0. The van der Waals surface area contributed by atoms with Gasteiger partial charge in [0.15, 0.2) is 23.5 Å². The number of hydrogen-bond acceptors (Lipinski definition) is 4.